The lowest BCUT2D eigenvalue weighted by molar-refractivity contribution is -0.654. The summed E-state index contributed by atoms with van der Waals surface area (Å²) in [4.78, 5) is 11.4. The molecule has 0 aliphatic heterocycles. The van der Waals surface area contributed by atoms with Gasteiger partial charge in [-0.2, -0.15) is 0 Å². The van der Waals surface area contributed by atoms with Crippen molar-refractivity contribution >= 4 is 21.7 Å². The van der Waals surface area contributed by atoms with Crippen molar-refractivity contribution in [2.24, 2.45) is 5.92 Å². The number of quaternary nitrogens is 1. The van der Waals surface area contributed by atoms with E-state index in [0.717, 1.165) is 37.7 Å². The third kappa shape index (κ3) is 3.23. The van der Waals surface area contributed by atoms with Gasteiger partial charge in [0.15, 0.2) is 0 Å². The molecule has 0 amide bonds. The molecule has 1 rings (SSSR count). The lowest BCUT2D eigenvalue weighted by Gasteiger charge is -2.18. The van der Waals surface area contributed by atoms with Gasteiger partial charge in [-0.15, -0.1) is 0 Å². The van der Waals surface area contributed by atoms with Crippen molar-refractivity contribution in [3.8, 4) is 0 Å². The molecule has 0 heterocycles. The first-order valence-electron chi connectivity index (χ1n) is 4.75. The van der Waals surface area contributed by atoms with E-state index in [2.05, 4.69) is 21.2 Å². The van der Waals surface area contributed by atoms with Crippen molar-refractivity contribution in [3.63, 3.8) is 0 Å². The van der Waals surface area contributed by atoms with Crippen molar-refractivity contribution in [2.45, 2.75) is 25.7 Å². The van der Waals surface area contributed by atoms with E-state index in [-0.39, 0.29) is 0 Å². The van der Waals surface area contributed by atoms with Crippen molar-refractivity contribution in [3.05, 3.63) is 0 Å². The Morgan fingerprint density at radius 1 is 1.50 bits per heavy atom. The van der Waals surface area contributed by atoms with Gasteiger partial charge >= 0.3 is 0 Å². The van der Waals surface area contributed by atoms with Gasteiger partial charge in [-0.25, -0.2) is 0 Å². The first-order valence-corrected chi connectivity index (χ1v) is 5.87. The molecule has 0 saturated heterocycles. The Morgan fingerprint density at radius 3 is 3.00 bits per heavy atom. The Bertz CT molecular complexity index is 149. The molecule has 0 unspecified atom stereocenters. The molecular weight excluding hydrogens is 218 g/mol. The summed E-state index contributed by atoms with van der Waals surface area (Å²) in [6, 6.07) is 0. The zero-order valence-electron chi connectivity index (χ0n) is 7.39. The Morgan fingerprint density at radius 2 is 2.33 bits per heavy atom. The van der Waals surface area contributed by atoms with Gasteiger partial charge in [-0.05, 0) is 12.8 Å². The molecule has 0 spiro atoms. The van der Waals surface area contributed by atoms with Gasteiger partial charge in [0, 0.05) is 6.42 Å². The largest absolute Gasteiger partial charge is 0.345 e. The van der Waals surface area contributed by atoms with Gasteiger partial charge in [0.1, 0.15) is 5.78 Å². The van der Waals surface area contributed by atoms with Crippen LogP contribution in [0.5, 0.6) is 0 Å². The average molecular weight is 235 g/mol. The van der Waals surface area contributed by atoms with Crippen LogP contribution in [-0.4, -0.2) is 24.2 Å². The number of nitrogens with two attached hydrogens (primary N) is 1. The number of halogens is 1. The van der Waals surface area contributed by atoms with Crippen molar-refractivity contribution < 1.29 is 10.1 Å². The van der Waals surface area contributed by atoms with E-state index in [4.69, 9.17) is 0 Å². The average Bonchev–Trinajstić information content (AvgIpc) is 2.09. The fourth-order valence-electron chi connectivity index (χ4n) is 1.70. The van der Waals surface area contributed by atoms with Crippen LogP contribution < -0.4 is 5.32 Å². The first kappa shape index (κ1) is 10.2. The third-order valence-electron chi connectivity index (χ3n) is 2.45. The molecule has 0 bridgehead atoms. The van der Waals surface area contributed by atoms with E-state index in [1.54, 1.807) is 0 Å². The first-order chi connectivity index (χ1) is 5.84. The monoisotopic (exact) mass is 234 g/mol. The summed E-state index contributed by atoms with van der Waals surface area (Å²) in [5.41, 5.74) is 0. The van der Waals surface area contributed by atoms with Gasteiger partial charge in [-0.3, -0.25) is 4.79 Å². The molecule has 0 aromatic heterocycles. The van der Waals surface area contributed by atoms with Crippen LogP contribution >= 0.6 is 15.9 Å². The molecule has 0 aromatic rings. The molecule has 1 atom stereocenters. The third-order valence-corrected chi connectivity index (χ3v) is 2.90. The molecule has 1 fully saturated rings. The fraction of sp³-hybridized carbons (Fsp3) is 0.889. The van der Waals surface area contributed by atoms with Gasteiger partial charge in [0.2, 0.25) is 0 Å². The van der Waals surface area contributed by atoms with E-state index < -0.39 is 0 Å². The number of rotatable bonds is 4. The molecule has 70 valence electrons. The highest BCUT2D eigenvalue weighted by Gasteiger charge is 2.22. The summed E-state index contributed by atoms with van der Waals surface area (Å²) in [6.07, 6.45) is 4.32. The van der Waals surface area contributed by atoms with Crippen LogP contribution in [0.25, 0.3) is 0 Å². The molecule has 1 aliphatic rings. The number of hydrogen-bond acceptors (Lipinski definition) is 1. The summed E-state index contributed by atoms with van der Waals surface area (Å²) in [5.74, 6) is 0.852. The number of ketones is 1. The highest BCUT2D eigenvalue weighted by atomic mass is 79.9. The molecule has 1 aliphatic carbocycles. The van der Waals surface area contributed by atoms with Crippen molar-refractivity contribution in [1.82, 2.24) is 0 Å². The predicted octanol–water partition coefficient (Wildman–Crippen LogP) is 0.704. The Labute approximate surface area is 82.2 Å². The van der Waals surface area contributed by atoms with Gasteiger partial charge < -0.3 is 5.32 Å². The molecule has 2 N–H and O–H groups in total. The lowest BCUT2D eigenvalue weighted by atomic mass is 9.88. The summed E-state index contributed by atoms with van der Waals surface area (Å²) >= 11 is 3.37. The number of carbonyl (C=O) groups is 1. The van der Waals surface area contributed by atoms with E-state index in [1.165, 1.54) is 6.42 Å². The molecule has 1 saturated carbocycles. The van der Waals surface area contributed by atoms with Crippen LogP contribution in [0.2, 0.25) is 0 Å². The SMILES string of the molecule is O=C1CCCC[C@@H]1C[NH2+]CCBr. The second-order valence-electron chi connectivity index (χ2n) is 3.41. The number of carbonyl (C=O) groups excluding carboxylic acids is 1. The maximum atomic E-state index is 11.4. The molecule has 12 heavy (non-hydrogen) atoms. The second-order valence-corrected chi connectivity index (χ2v) is 4.20. The molecule has 0 radical (unpaired) electrons. The molecular formula is C9H17BrNO+. The van der Waals surface area contributed by atoms with E-state index >= 15 is 0 Å². The zero-order chi connectivity index (χ0) is 8.81. The predicted molar refractivity (Wildman–Crippen MR) is 52.4 cm³/mol. The van der Waals surface area contributed by atoms with Crippen LogP contribution in [0.1, 0.15) is 25.7 Å². The van der Waals surface area contributed by atoms with Crippen LogP contribution in [0.15, 0.2) is 0 Å². The highest BCUT2D eigenvalue weighted by molar-refractivity contribution is 9.09. The van der Waals surface area contributed by atoms with E-state index in [9.17, 15) is 4.79 Å². The number of alkyl halides is 1. The summed E-state index contributed by atoms with van der Waals surface area (Å²) < 4.78 is 0. The quantitative estimate of drug-likeness (QED) is 0.565. The molecule has 0 aromatic carbocycles. The Balaban J connectivity index is 2.16. The van der Waals surface area contributed by atoms with Crippen LogP contribution in [0, 0.1) is 5.92 Å². The maximum absolute atomic E-state index is 11.4. The topological polar surface area (TPSA) is 33.7 Å². The van der Waals surface area contributed by atoms with Crippen molar-refractivity contribution in [2.75, 3.05) is 18.4 Å². The van der Waals surface area contributed by atoms with E-state index in [0.29, 0.717) is 11.7 Å². The standard InChI is InChI=1S/C9H16BrNO/c10-5-6-11-7-8-3-1-2-4-9(8)12/h8,11H,1-7H2/p+1/t8-/m1/s1. The minimum absolute atomic E-state index is 0.359. The van der Waals surface area contributed by atoms with Crippen LogP contribution in [-0.2, 0) is 4.79 Å². The smallest absolute Gasteiger partial charge is 0.141 e. The zero-order valence-corrected chi connectivity index (χ0v) is 8.98. The highest BCUT2D eigenvalue weighted by Crippen LogP contribution is 2.18. The summed E-state index contributed by atoms with van der Waals surface area (Å²) in [6.45, 7) is 2.09. The fourth-order valence-corrected chi connectivity index (χ4v) is 2.02. The van der Waals surface area contributed by atoms with Crippen LogP contribution in [0.4, 0.5) is 0 Å². The number of hydrogen-bond donors (Lipinski definition) is 1. The van der Waals surface area contributed by atoms with Gasteiger partial charge in [-0.1, -0.05) is 22.4 Å². The van der Waals surface area contributed by atoms with E-state index in [1.807, 2.05) is 0 Å². The Hall–Kier alpha value is 0.110. The van der Waals surface area contributed by atoms with Crippen molar-refractivity contribution in [1.29, 1.82) is 0 Å². The lowest BCUT2D eigenvalue weighted by Crippen LogP contribution is -2.86. The Kier molecular flexibility index (Phi) is 4.84. The molecule has 3 heteroatoms. The summed E-state index contributed by atoms with van der Waals surface area (Å²) in [7, 11) is 0. The number of Topliss-reactive ketones (excluding diaryl/α,β-unsaturated/α-hetero) is 1. The normalized spacial score (nSPS) is 24.4. The van der Waals surface area contributed by atoms with Gasteiger partial charge in [0.25, 0.3) is 0 Å². The maximum Gasteiger partial charge on any atom is 0.141 e. The summed E-state index contributed by atoms with van der Waals surface area (Å²) in [5, 5.41) is 3.26. The molecule has 2 nitrogen and oxygen atoms in total. The van der Waals surface area contributed by atoms with Crippen LogP contribution in [0.3, 0.4) is 0 Å². The minimum Gasteiger partial charge on any atom is -0.345 e. The second kappa shape index (κ2) is 5.70. The minimum atomic E-state index is 0.359. The van der Waals surface area contributed by atoms with Gasteiger partial charge in [0.05, 0.1) is 24.3 Å².